The van der Waals surface area contributed by atoms with Crippen molar-refractivity contribution in [2.75, 3.05) is 18.6 Å². The molecule has 0 saturated carbocycles. The van der Waals surface area contributed by atoms with Gasteiger partial charge in [0.25, 0.3) is 0 Å². The zero-order valence-electron chi connectivity index (χ0n) is 15.3. The van der Waals surface area contributed by atoms with Gasteiger partial charge in [-0.25, -0.2) is 14.8 Å². The number of rotatable bonds is 7. The van der Waals surface area contributed by atoms with Gasteiger partial charge in [0.2, 0.25) is 11.0 Å². The molecule has 8 heteroatoms. The molecule has 2 heterocycles. The van der Waals surface area contributed by atoms with Crippen molar-refractivity contribution in [1.29, 1.82) is 0 Å². The van der Waals surface area contributed by atoms with Gasteiger partial charge in [0.15, 0.2) is 0 Å². The Labute approximate surface area is 161 Å². The first-order chi connectivity index (χ1) is 13.1. The fourth-order valence-corrected chi connectivity index (χ4v) is 3.09. The van der Waals surface area contributed by atoms with Crippen molar-refractivity contribution in [3.05, 3.63) is 54.5 Å². The van der Waals surface area contributed by atoms with Crippen LogP contribution in [0.15, 0.2) is 48.9 Å². The summed E-state index contributed by atoms with van der Waals surface area (Å²) >= 11 is 1.30. The van der Waals surface area contributed by atoms with Crippen molar-refractivity contribution < 1.29 is 14.3 Å². The van der Waals surface area contributed by atoms with Crippen molar-refractivity contribution in [2.24, 2.45) is 5.92 Å². The molecule has 0 amide bonds. The topological polar surface area (TPSA) is 77.4 Å². The van der Waals surface area contributed by atoms with E-state index < -0.39 is 5.97 Å². The van der Waals surface area contributed by atoms with Gasteiger partial charge < -0.3 is 14.4 Å². The van der Waals surface area contributed by atoms with Crippen LogP contribution in [0.4, 0.5) is 10.8 Å². The highest BCUT2D eigenvalue weighted by molar-refractivity contribution is 7.09. The maximum atomic E-state index is 12.0. The third-order valence-corrected chi connectivity index (χ3v) is 4.36. The van der Waals surface area contributed by atoms with Gasteiger partial charge in [-0.1, -0.05) is 26.0 Å². The van der Waals surface area contributed by atoms with Crippen LogP contribution in [0.1, 0.15) is 24.2 Å². The van der Waals surface area contributed by atoms with Crippen molar-refractivity contribution in [3.8, 4) is 11.6 Å². The second kappa shape index (κ2) is 8.59. The quantitative estimate of drug-likeness (QED) is 0.562. The lowest BCUT2D eigenvalue weighted by Crippen LogP contribution is -2.23. The van der Waals surface area contributed by atoms with Crippen molar-refractivity contribution in [1.82, 2.24) is 14.3 Å². The minimum absolute atomic E-state index is 0.336. The molecule has 0 bridgehead atoms. The van der Waals surface area contributed by atoms with Gasteiger partial charge >= 0.3 is 5.97 Å². The lowest BCUT2D eigenvalue weighted by molar-refractivity contribution is 0.0598. The van der Waals surface area contributed by atoms with Crippen LogP contribution in [0.5, 0.6) is 11.6 Å². The van der Waals surface area contributed by atoms with E-state index in [0.717, 1.165) is 17.4 Å². The first-order valence-corrected chi connectivity index (χ1v) is 9.22. The van der Waals surface area contributed by atoms with Gasteiger partial charge in [-0.05, 0) is 30.2 Å². The normalized spacial score (nSPS) is 10.7. The van der Waals surface area contributed by atoms with Gasteiger partial charge in [-0.3, -0.25) is 0 Å². The van der Waals surface area contributed by atoms with Gasteiger partial charge in [-0.15, -0.1) is 0 Å². The van der Waals surface area contributed by atoms with E-state index in [0.29, 0.717) is 23.1 Å². The van der Waals surface area contributed by atoms with E-state index in [1.807, 2.05) is 17.0 Å². The zero-order valence-corrected chi connectivity index (χ0v) is 16.1. The summed E-state index contributed by atoms with van der Waals surface area (Å²) in [6, 6.07) is 10.7. The number of carbonyl (C=O) groups excluding carboxylic acids is 1. The molecule has 0 fully saturated rings. The van der Waals surface area contributed by atoms with Crippen molar-refractivity contribution in [3.63, 3.8) is 0 Å². The molecule has 140 valence electrons. The second-order valence-electron chi connectivity index (χ2n) is 6.15. The third-order valence-electron chi connectivity index (χ3n) is 3.67. The van der Waals surface area contributed by atoms with Gasteiger partial charge in [0, 0.05) is 24.3 Å². The molecular formula is C19H20N4O3S. The van der Waals surface area contributed by atoms with Crippen LogP contribution in [-0.4, -0.2) is 34.0 Å². The summed E-state index contributed by atoms with van der Waals surface area (Å²) in [6.07, 6.45) is 3.17. The van der Waals surface area contributed by atoms with Crippen LogP contribution in [0.25, 0.3) is 0 Å². The Morgan fingerprint density at radius 3 is 2.70 bits per heavy atom. The molecule has 0 spiro atoms. The molecule has 27 heavy (non-hydrogen) atoms. The molecule has 3 aromatic rings. The first kappa shape index (κ1) is 18.8. The Morgan fingerprint density at radius 1 is 1.19 bits per heavy atom. The standard InChI is InChI=1S/C19H20N4O3S/c1-13(2)11-23(19-21-12-22-27-19)15-8-6-10-20-17(15)26-16-9-5-4-7-14(16)18(24)25-3/h4-10,12-13H,11H2,1-3H3. The number of para-hydroxylation sites is 1. The maximum Gasteiger partial charge on any atom is 0.341 e. The molecule has 0 N–H and O–H groups in total. The smallest absolute Gasteiger partial charge is 0.341 e. The average Bonchev–Trinajstić information content (AvgIpc) is 3.21. The average molecular weight is 384 g/mol. The minimum Gasteiger partial charge on any atom is -0.465 e. The molecule has 0 atom stereocenters. The summed E-state index contributed by atoms with van der Waals surface area (Å²) < 4.78 is 15.0. The van der Waals surface area contributed by atoms with Crippen LogP contribution in [0.2, 0.25) is 0 Å². The number of benzene rings is 1. The maximum absolute atomic E-state index is 12.0. The highest BCUT2D eigenvalue weighted by atomic mass is 32.1. The van der Waals surface area contributed by atoms with E-state index in [9.17, 15) is 4.79 Å². The summed E-state index contributed by atoms with van der Waals surface area (Å²) in [5.74, 6) is 0.673. The number of methoxy groups -OCH3 is 1. The fraction of sp³-hybridized carbons (Fsp3) is 0.263. The van der Waals surface area contributed by atoms with E-state index in [1.165, 1.54) is 25.0 Å². The summed E-state index contributed by atoms with van der Waals surface area (Å²) in [6.45, 7) is 4.96. The molecule has 0 radical (unpaired) electrons. The summed E-state index contributed by atoms with van der Waals surface area (Å²) in [4.78, 5) is 22.8. The zero-order chi connectivity index (χ0) is 19.2. The number of hydrogen-bond acceptors (Lipinski definition) is 8. The number of pyridine rings is 1. The Kier molecular flexibility index (Phi) is 5.97. The third kappa shape index (κ3) is 4.40. The molecule has 0 aliphatic carbocycles. The Balaban J connectivity index is 2.00. The highest BCUT2D eigenvalue weighted by Gasteiger charge is 2.21. The second-order valence-corrected chi connectivity index (χ2v) is 6.90. The van der Waals surface area contributed by atoms with E-state index in [-0.39, 0.29) is 0 Å². The van der Waals surface area contributed by atoms with E-state index in [4.69, 9.17) is 9.47 Å². The molecule has 2 aromatic heterocycles. The lowest BCUT2D eigenvalue weighted by Gasteiger charge is -2.25. The predicted molar refractivity (Wildman–Crippen MR) is 104 cm³/mol. The SMILES string of the molecule is COC(=O)c1ccccc1Oc1ncccc1N(CC(C)C)c1ncns1. The van der Waals surface area contributed by atoms with Crippen molar-refractivity contribution >= 4 is 28.3 Å². The number of hydrogen-bond donors (Lipinski definition) is 0. The van der Waals surface area contributed by atoms with Gasteiger partial charge in [-0.2, -0.15) is 4.37 Å². The van der Waals surface area contributed by atoms with Crippen LogP contribution < -0.4 is 9.64 Å². The first-order valence-electron chi connectivity index (χ1n) is 8.44. The number of aromatic nitrogens is 3. The summed E-state index contributed by atoms with van der Waals surface area (Å²) in [7, 11) is 1.34. The molecule has 7 nitrogen and oxygen atoms in total. The number of anilines is 2. The predicted octanol–water partition coefficient (Wildman–Crippen LogP) is 4.31. The largest absolute Gasteiger partial charge is 0.465 e. The van der Waals surface area contributed by atoms with Crippen LogP contribution in [0.3, 0.4) is 0 Å². The molecule has 1 aromatic carbocycles. The Hall–Kier alpha value is -3.00. The molecule has 0 saturated heterocycles. The van der Waals surface area contributed by atoms with Gasteiger partial charge in [0.05, 0.1) is 7.11 Å². The molecular weight excluding hydrogens is 364 g/mol. The van der Waals surface area contributed by atoms with E-state index in [2.05, 4.69) is 28.2 Å². The minimum atomic E-state index is -0.466. The molecule has 3 rings (SSSR count). The summed E-state index contributed by atoms with van der Waals surface area (Å²) in [5, 5.41) is 0.753. The van der Waals surface area contributed by atoms with Crippen molar-refractivity contribution in [2.45, 2.75) is 13.8 Å². The highest BCUT2D eigenvalue weighted by Crippen LogP contribution is 2.36. The van der Waals surface area contributed by atoms with E-state index in [1.54, 1.807) is 30.5 Å². The fourth-order valence-electron chi connectivity index (χ4n) is 2.54. The Bertz CT molecular complexity index is 899. The molecule has 0 unspecified atom stereocenters. The van der Waals surface area contributed by atoms with Gasteiger partial charge in [0.1, 0.15) is 23.3 Å². The van der Waals surface area contributed by atoms with Crippen LogP contribution in [-0.2, 0) is 4.74 Å². The van der Waals surface area contributed by atoms with E-state index >= 15 is 0 Å². The number of ether oxygens (including phenoxy) is 2. The summed E-state index contributed by atoms with van der Waals surface area (Å²) in [5.41, 5.74) is 1.09. The molecule has 0 aliphatic rings. The number of carbonyl (C=O) groups is 1. The lowest BCUT2D eigenvalue weighted by atomic mass is 10.2. The molecule has 0 aliphatic heterocycles. The van der Waals surface area contributed by atoms with Crippen LogP contribution in [0, 0.1) is 5.92 Å². The Morgan fingerprint density at radius 2 is 2.00 bits per heavy atom. The number of nitrogens with zero attached hydrogens (tertiary/aromatic N) is 4. The van der Waals surface area contributed by atoms with Crippen LogP contribution >= 0.6 is 11.5 Å². The monoisotopic (exact) mass is 384 g/mol. The number of esters is 1.